The smallest absolute Gasteiger partial charge is 0.306 e. The van der Waals surface area contributed by atoms with Crippen LogP contribution >= 0.6 is 0 Å². The van der Waals surface area contributed by atoms with E-state index in [2.05, 4.69) is 81.5 Å². The topological polar surface area (TPSA) is 78.9 Å². The molecule has 0 radical (unpaired) electrons. The van der Waals surface area contributed by atoms with E-state index in [1.165, 1.54) is 167 Å². The van der Waals surface area contributed by atoms with E-state index < -0.39 is 6.10 Å². The molecule has 6 heteroatoms. The fraction of sp³-hybridized carbons (Fsp3) is 0.780. The highest BCUT2D eigenvalue weighted by Gasteiger charge is 2.19. The van der Waals surface area contributed by atoms with Crippen molar-refractivity contribution in [1.29, 1.82) is 0 Å². The molecule has 0 bridgehead atoms. The Labute approximate surface area is 402 Å². The summed E-state index contributed by atoms with van der Waals surface area (Å²) in [7, 11) is 0. The maximum absolute atomic E-state index is 12.8. The number of unbranched alkanes of at least 4 members (excludes halogenated alkanes) is 29. The highest BCUT2D eigenvalue weighted by atomic mass is 16.6. The van der Waals surface area contributed by atoms with Gasteiger partial charge in [-0.3, -0.25) is 14.4 Å². The van der Waals surface area contributed by atoms with Crippen LogP contribution in [-0.4, -0.2) is 37.2 Å². The Bertz CT molecular complexity index is 1180. The molecule has 0 spiro atoms. The van der Waals surface area contributed by atoms with E-state index >= 15 is 0 Å². The van der Waals surface area contributed by atoms with Crippen LogP contribution in [-0.2, 0) is 28.6 Å². The standard InChI is InChI=1S/C59H104O6/c1-4-7-10-13-16-19-22-25-27-29-31-34-37-40-43-46-49-52-58(61)64-55-56(54-63-57(60)51-48-45-42-39-36-33-24-21-18-15-12-9-6-3)65-59(62)53-50-47-44-41-38-35-32-30-28-26-23-20-17-14-11-8-5-2/h16,19,25-28,31,34,40,43,56H,4-15,17-18,20-24,29-30,32-33,35-39,41-42,44-55H2,1-3H3/b19-16-,27-25-,28-26-,34-31-,43-40-/t56-/m0/s1. The molecule has 0 unspecified atom stereocenters. The third-order valence-electron chi connectivity index (χ3n) is 12.0. The van der Waals surface area contributed by atoms with E-state index in [0.717, 1.165) is 64.2 Å². The van der Waals surface area contributed by atoms with Gasteiger partial charge in [-0.2, -0.15) is 0 Å². The van der Waals surface area contributed by atoms with Crippen molar-refractivity contribution in [2.45, 2.75) is 284 Å². The molecular formula is C59H104O6. The van der Waals surface area contributed by atoms with Gasteiger partial charge in [-0.05, 0) is 83.5 Å². The number of hydrogen-bond acceptors (Lipinski definition) is 6. The third-order valence-corrected chi connectivity index (χ3v) is 12.0. The van der Waals surface area contributed by atoms with Gasteiger partial charge in [0.15, 0.2) is 6.10 Å². The SMILES string of the molecule is CCCCC/C=C\C/C=C\C/C=C\C/C=C\CCCC(=O)OC[C@H](COC(=O)CCCCCCCCCCCCCCC)OC(=O)CCCCCCCCC/C=C\CCCCCCCC. The van der Waals surface area contributed by atoms with Crippen molar-refractivity contribution in [3.05, 3.63) is 60.8 Å². The van der Waals surface area contributed by atoms with Gasteiger partial charge in [0.25, 0.3) is 0 Å². The van der Waals surface area contributed by atoms with Crippen LogP contribution < -0.4 is 0 Å². The Morgan fingerprint density at radius 2 is 0.569 bits per heavy atom. The summed E-state index contributed by atoms with van der Waals surface area (Å²) in [5.74, 6) is -0.944. The minimum Gasteiger partial charge on any atom is -0.462 e. The summed E-state index contributed by atoms with van der Waals surface area (Å²) < 4.78 is 16.8. The average Bonchev–Trinajstić information content (AvgIpc) is 3.30. The van der Waals surface area contributed by atoms with E-state index in [4.69, 9.17) is 14.2 Å². The van der Waals surface area contributed by atoms with Crippen molar-refractivity contribution in [2.75, 3.05) is 13.2 Å². The van der Waals surface area contributed by atoms with Crippen molar-refractivity contribution in [3.8, 4) is 0 Å². The molecule has 0 saturated heterocycles. The summed E-state index contributed by atoms with van der Waals surface area (Å²) in [4.78, 5) is 38.1. The molecule has 0 amide bonds. The first-order chi connectivity index (χ1) is 32.0. The number of ether oxygens (including phenoxy) is 3. The van der Waals surface area contributed by atoms with Crippen LogP contribution in [0.25, 0.3) is 0 Å². The molecule has 0 aromatic heterocycles. The Kier molecular flexibility index (Phi) is 51.3. The number of rotatable bonds is 50. The zero-order chi connectivity index (χ0) is 47.2. The summed E-state index contributed by atoms with van der Waals surface area (Å²) in [6.07, 6.45) is 66.4. The van der Waals surface area contributed by atoms with Crippen LogP contribution in [0.15, 0.2) is 60.8 Å². The monoisotopic (exact) mass is 909 g/mol. The van der Waals surface area contributed by atoms with E-state index in [0.29, 0.717) is 19.3 Å². The lowest BCUT2D eigenvalue weighted by Gasteiger charge is -2.18. The molecule has 0 aliphatic carbocycles. The largest absolute Gasteiger partial charge is 0.462 e. The Morgan fingerprint density at radius 3 is 0.969 bits per heavy atom. The molecule has 376 valence electrons. The fourth-order valence-corrected chi connectivity index (χ4v) is 7.78. The molecule has 65 heavy (non-hydrogen) atoms. The molecule has 0 rings (SSSR count). The predicted molar refractivity (Wildman–Crippen MR) is 279 cm³/mol. The second kappa shape index (κ2) is 53.7. The van der Waals surface area contributed by atoms with Crippen LogP contribution in [0.2, 0.25) is 0 Å². The third kappa shape index (κ3) is 51.9. The molecule has 0 N–H and O–H groups in total. The van der Waals surface area contributed by atoms with Gasteiger partial charge in [-0.15, -0.1) is 0 Å². The first-order valence-corrected chi connectivity index (χ1v) is 27.8. The molecule has 0 aliphatic rings. The zero-order valence-corrected chi connectivity index (χ0v) is 43.0. The van der Waals surface area contributed by atoms with Gasteiger partial charge in [0.1, 0.15) is 13.2 Å². The van der Waals surface area contributed by atoms with Gasteiger partial charge >= 0.3 is 17.9 Å². The fourth-order valence-electron chi connectivity index (χ4n) is 7.78. The minimum atomic E-state index is -0.796. The van der Waals surface area contributed by atoms with Crippen molar-refractivity contribution < 1.29 is 28.6 Å². The quantitative estimate of drug-likeness (QED) is 0.0262. The van der Waals surface area contributed by atoms with Crippen LogP contribution in [0.1, 0.15) is 278 Å². The van der Waals surface area contributed by atoms with Gasteiger partial charge < -0.3 is 14.2 Å². The summed E-state index contributed by atoms with van der Waals surface area (Å²) in [6.45, 7) is 6.57. The first kappa shape index (κ1) is 62.1. The van der Waals surface area contributed by atoms with Crippen molar-refractivity contribution in [1.82, 2.24) is 0 Å². The van der Waals surface area contributed by atoms with Crippen molar-refractivity contribution in [3.63, 3.8) is 0 Å². The lowest BCUT2D eigenvalue weighted by molar-refractivity contribution is -0.167. The second-order valence-electron chi connectivity index (χ2n) is 18.5. The molecule has 0 aromatic carbocycles. The highest BCUT2D eigenvalue weighted by Crippen LogP contribution is 2.15. The van der Waals surface area contributed by atoms with Crippen LogP contribution in [0.3, 0.4) is 0 Å². The molecule has 0 fully saturated rings. The molecule has 0 heterocycles. The Balaban J connectivity index is 4.45. The maximum Gasteiger partial charge on any atom is 0.306 e. The normalized spacial score (nSPS) is 12.5. The van der Waals surface area contributed by atoms with Gasteiger partial charge in [0.2, 0.25) is 0 Å². The molecule has 1 atom stereocenters. The van der Waals surface area contributed by atoms with Crippen molar-refractivity contribution >= 4 is 17.9 Å². The predicted octanol–water partition coefficient (Wildman–Crippen LogP) is 18.4. The average molecular weight is 909 g/mol. The van der Waals surface area contributed by atoms with E-state index in [1.54, 1.807) is 0 Å². The number of carbonyl (C=O) groups excluding carboxylic acids is 3. The maximum atomic E-state index is 12.8. The van der Waals surface area contributed by atoms with Gasteiger partial charge in [-0.25, -0.2) is 0 Å². The molecule has 0 aliphatic heterocycles. The summed E-state index contributed by atoms with van der Waals surface area (Å²) in [6, 6.07) is 0. The Morgan fingerprint density at radius 1 is 0.308 bits per heavy atom. The first-order valence-electron chi connectivity index (χ1n) is 27.8. The lowest BCUT2D eigenvalue weighted by Crippen LogP contribution is -2.30. The van der Waals surface area contributed by atoms with Crippen LogP contribution in [0, 0.1) is 0 Å². The molecule has 6 nitrogen and oxygen atoms in total. The van der Waals surface area contributed by atoms with E-state index in [1.807, 2.05) is 0 Å². The minimum absolute atomic E-state index is 0.0905. The van der Waals surface area contributed by atoms with Crippen LogP contribution in [0.5, 0.6) is 0 Å². The van der Waals surface area contributed by atoms with Crippen LogP contribution in [0.4, 0.5) is 0 Å². The molecular weight excluding hydrogens is 805 g/mol. The van der Waals surface area contributed by atoms with Gasteiger partial charge in [0.05, 0.1) is 0 Å². The van der Waals surface area contributed by atoms with E-state index in [9.17, 15) is 14.4 Å². The summed E-state index contributed by atoms with van der Waals surface area (Å²) in [5.41, 5.74) is 0. The zero-order valence-electron chi connectivity index (χ0n) is 43.0. The van der Waals surface area contributed by atoms with Gasteiger partial charge in [-0.1, -0.05) is 236 Å². The lowest BCUT2D eigenvalue weighted by atomic mass is 10.0. The number of esters is 3. The van der Waals surface area contributed by atoms with Gasteiger partial charge in [0, 0.05) is 19.3 Å². The highest BCUT2D eigenvalue weighted by molar-refractivity contribution is 5.71. The van der Waals surface area contributed by atoms with E-state index in [-0.39, 0.29) is 37.5 Å². The summed E-state index contributed by atoms with van der Waals surface area (Å²) in [5, 5.41) is 0. The Hall–Kier alpha value is -2.89. The second-order valence-corrected chi connectivity index (χ2v) is 18.5. The molecule has 0 aromatic rings. The summed E-state index contributed by atoms with van der Waals surface area (Å²) >= 11 is 0. The number of hydrogen-bond donors (Lipinski definition) is 0. The number of carbonyl (C=O) groups is 3. The van der Waals surface area contributed by atoms with Crippen molar-refractivity contribution in [2.24, 2.45) is 0 Å². The number of allylic oxidation sites excluding steroid dienone is 10. The molecule has 0 saturated carbocycles.